The molecule has 1 fully saturated rings. The Kier molecular flexibility index (Phi) is 21.0. The number of rotatable bonds is 28. The van der Waals surface area contributed by atoms with Crippen LogP contribution in [0.5, 0.6) is 0 Å². The lowest BCUT2D eigenvalue weighted by Gasteiger charge is -2.30. The van der Waals surface area contributed by atoms with Crippen LogP contribution >= 0.6 is 35.2 Å². The van der Waals surface area contributed by atoms with Gasteiger partial charge in [-0.2, -0.15) is 4.31 Å². The zero-order valence-corrected chi connectivity index (χ0v) is 37.4. The van der Waals surface area contributed by atoms with E-state index in [1.807, 2.05) is 6.08 Å². The summed E-state index contributed by atoms with van der Waals surface area (Å²) in [6, 6.07) is 0. The molecule has 346 valence electrons. The molecule has 1 saturated heterocycles. The third kappa shape index (κ3) is 18.1. The first-order valence-electron chi connectivity index (χ1n) is 19.3. The van der Waals surface area contributed by atoms with Crippen molar-refractivity contribution in [1.29, 1.82) is 0 Å². The first kappa shape index (κ1) is 52.6. The Balaban J connectivity index is 1.40. The number of hydrogen-bond donors (Lipinski definition) is 9. The number of fused-ring (bicyclic) bond motifs is 1. The molecule has 0 saturated carbocycles. The zero-order valence-electron chi connectivity index (χ0n) is 33.9. The summed E-state index contributed by atoms with van der Waals surface area (Å²) >= 11 is 1.06. The van der Waals surface area contributed by atoms with E-state index in [0.717, 1.165) is 48.2 Å². The van der Waals surface area contributed by atoms with Gasteiger partial charge in [0, 0.05) is 30.7 Å². The lowest BCUT2D eigenvalue weighted by Crippen LogP contribution is -2.46. The lowest BCUT2D eigenvalue weighted by atomic mass is 9.87. The first-order valence-corrected chi connectivity index (χ1v) is 24.8. The summed E-state index contributed by atoms with van der Waals surface area (Å²) < 4.78 is 62.3. The molecule has 1 aliphatic rings. The number of hydrogen-bond acceptors (Lipinski definition) is 18. The second-order valence-corrected chi connectivity index (χ2v) is 19.9. The van der Waals surface area contributed by atoms with Gasteiger partial charge >= 0.3 is 23.5 Å². The third-order valence-electron chi connectivity index (χ3n) is 8.97. The number of phosphoric ester groups is 3. The number of anilines is 1. The van der Waals surface area contributed by atoms with Crippen molar-refractivity contribution in [1.82, 2.24) is 30.2 Å². The molecule has 2 unspecified atom stereocenters. The third-order valence-corrected chi connectivity index (χ3v) is 12.9. The van der Waals surface area contributed by atoms with Crippen molar-refractivity contribution in [3.05, 3.63) is 24.8 Å². The number of aliphatic hydroxyl groups excluding tert-OH is 2. The molecule has 61 heavy (non-hydrogen) atoms. The van der Waals surface area contributed by atoms with E-state index < -0.39 is 84.6 Å². The van der Waals surface area contributed by atoms with Gasteiger partial charge in [0.05, 0.1) is 19.5 Å². The van der Waals surface area contributed by atoms with E-state index in [0.29, 0.717) is 5.75 Å². The van der Waals surface area contributed by atoms with Crippen LogP contribution in [-0.4, -0.2) is 123 Å². The standard InChI is InChI=1S/C33H56N7O17P3S/c1-4-5-6-7-8-9-10-11-12-13-24(42)61-17-16-35-23(41)14-15-36-31(45)28(44)33(2,3)19-54-60(51,52)57-59(49,50)53-18-22-27(56-58(46,47)48)26(43)32(55-22)40-21-39-25-29(34)37-20-38-30(25)40/h12-13,20-22,26-28,32,43-44H,4-11,14-19H2,1-3H3,(H,35,41)(H,36,45)(H,49,50)(H,51,52)(H2,34,37,38)(H2,46,47,48)/t22-,26-,27-,28+,32-/m1/s1. The largest absolute Gasteiger partial charge is 0.481 e. The molecule has 2 aromatic rings. The van der Waals surface area contributed by atoms with Gasteiger partial charge in [-0.1, -0.05) is 77.1 Å². The lowest BCUT2D eigenvalue weighted by molar-refractivity contribution is -0.137. The quantitative estimate of drug-likeness (QED) is 0.0336. The van der Waals surface area contributed by atoms with Crippen LogP contribution in [0.4, 0.5) is 5.82 Å². The number of imidazole rings is 1. The van der Waals surface area contributed by atoms with Gasteiger partial charge in [0.2, 0.25) is 16.9 Å². The van der Waals surface area contributed by atoms with Crippen molar-refractivity contribution in [2.45, 2.75) is 109 Å². The highest BCUT2D eigenvalue weighted by molar-refractivity contribution is 8.14. The molecule has 0 bridgehead atoms. The van der Waals surface area contributed by atoms with Crippen molar-refractivity contribution in [3.63, 3.8) is 0 Å². The van der Waals surface area contributed by atoms with Crippen LogP contribution < -0.4 is 16.4 Å². The molecular weight excluding hydrogens is 891 g/mol. The van der Waals surface area contributed by atoms with Crippen LogP contribution in [0.2, 0.25) is 0 Å². The highest BCUT2D eigenvalue weighted by Crippen LogP contribution is 2.61. The maximum atomic E-state index is 12.7. The molecule has 0 aromatic carbocycles. The van der Waals surface area contributed by atoms with Crippen molar-refractivity contribution >= 4 is 69.1 Å². The van der Waals surface area contributed by atoms with Gasteiger partial charge in [-0.15, -0.1) is 0 Å². The summed E-state index contributed by atoms with van der Waals surface area (Å²) in [6.07, 6.45) is 5.64. The molecule has 0 radical (unpaired) electrons. The number of thioether (sulfide) groups is 1. The van der Waals surface area contributed by atoms with Crippen molar-refractivity contribution < 1.29 is 80.5 Å². The maximum Gasteiger partial charge on any atom is 0.481 e. The van der Waals surface area contributed by atoms with Crippen LogP contribution in [0, 0.1) is 5.41 Å². The van der Waals surface area contributed by atoms with Gasteiger partial charge < -0.3 is 50.9 Å². The number of nitrogen functional groups attached to an aromatic ring is 1. The highest BCUT2D eigenvalue weighted by Gasteiger charge is 2.50. The summed E-state index contributed by atoms with van der Waals surface area (Å²) in [5.74, 6) is -1.10. The van der Waals surface area contributed by atoms with Crippen LogP contribution in [0.25, 0.3) is 11.2 Å². The normalized spacial score (nSPS) is 21.0. The molecule has 3 heterocycles. The van der Waals surface area contributed by atoms with E-state index in [1.165, 1.54) is 52.0 Å². The van der Waals surface area contributed by atoms with Gasteiger partial charge in [-0.3, -0.25) is 32.5 Å². The Morgan fingerprint density at radius 1 is 1.00 bits per heavy atom. The van der Waals surface area contributed by atoms with E-state index in [4.69, 9.17) is 19.5 Å². The summed E-state index contributed by atoms with van der Waals surface area (Å²) in [6.45, 7) is 2.69. The van der Waals surface area contributed by atoms with E-state index in [9.17, 15) is 57.9 Å². The molecule has 10 N–H and O–H groups in total. The first-order chi connectivity index (χ1) is 28.6. The zero-order chi connectivity index (χ0) is 45.4. The Labute approximate surface area is 356 Å². The smallest absolute Gasteiger partial charge is 0.386 e. The molecule has 24 nitrogen and oxygen atoms in total. The number of nitrogens with zero attached hydrogens (tertiary/aromatic N) is 4. The number of nitrogens with two attached hydrogens (primary N) is 1. The van der Waals surface area contributed by atoms with E-state index in [-0.39, 0.29) is 41.6 Å². The van der Waals surface area contributed by atoms with Crippen LogP contribution in [-0.2, 0) is 50.7 Å². The number of unbranched alkanes of at least 4 members (excludes halogenated alkanes) is 7. The molecular formula is C33H56N7O17P3S. The van der Waals surface area contributed by atoms with Crippen molar-refractivity contribution in [2.24, 2.45) is 5.41 Å². The van der Waals surface area contributed by atoms with Crippen LogP contribution in [0.3, 0.4) is 0 Å². The Bertz CT molecular complexity index is 1940. The minimum absolute atomic E-state index is 0.0317. The number of aliphatic hydroxyl groups is 2. The van der Waals surface area contributed by atoms with Gasteiger partial charge in [0.1, 0.15) is 36.3 Å². The summed E-state index contributed by atoms with van der Waals surface area (Å²) in [5.41, 5.74) is 4.27. The van der Waals surface area contributed by atoms with Gasteiger partial charge in [0.15, 0.2) is 17.7 Å². The second kappa shape index (κ2) is 24.4. The van der Waals surface area contributed by atoms with Crippen molar-refractivity contribution in [3.8, 4) is 0 Å². The molecule has 28 heteroatoms. The SMILES string of the molecule is CCCCCCCCCC=CC(=O)SCCNC(=O)CCNC(=O)[C@H](O)C(C)(C)COP(=O)(O)OP(=O)(O)OC[C@H]1O[C@@H](n2cnc3c(N)ncnc32)[C@H](O)[C@@H]1OP(=O)(O)O. The van der Waals surface area contributed by atoms with Crippen molar-refractivity contribution in [2.75, 3.05) is 37.8 Å². The number of allylic oxidation sites excluding steroid dienone is 1. The van der Waals surface area contributed by atoms with E-state index >= 15 is 0 Å². The van der Waals surface area contributed by atoms with E-state index in [2.05, 4.69) is 41.3 Å². The minimum Gasteiger partial charge on any atom is -0.386 e. The van der Waals surface area contributed by atoms with Gasteiger partial charge in [0.25, 0.3) is 0 Å². The number of amides is 2. The van der Waals surface area contributed by atoms with E-state index in [1.54, 1.807) is 0 Å². The molecule has 3 rings (SSSR count). The van der Waals surface area contributed by atoms with Gasteiger partial charge in [-0.05, 0) is 18.9 Å². The number of aromatic nitrogens is 4. The average molecular weight is 948 g/mol. The highest BCUT2D eigenvalue weighted by atomic mass is 32.2. The maximum absolute atomic E-state index is 12.7. The molecule has 0 aliphatic carbocycles. The topological polar surface area (TPSA) is 364 Å². The van der Waals surface area contributed by atoms with Gasteiger partial charge in [-0.25, -0.2) is 28.6 Å². The molecule has 2 amide bonds. The fourth-order valence-electron chi connectivity index (χ4n) is 5.73. The summed E-state index contributed by atoms with van der Waals surface area (Å²) in [4.78, 5) is 87.9. The number of carbonyl (C=O) groups excluding carboxylic acids is 3. The monoisotopic (exact) mass is 947 g/mol. The fraction of sp³-hybridized carbons (Fsp3) is 0.697. The van der Waals surface area contributed by atoms with Crippen LogP contribution in [0.1, 0.15) is 84.8 Å². The Hall–Kier alpha value is -2.70. The average Bonchev–Trinajstić information content (AvgIpc) is 3.73. The number of carbonyl (C=O) groups is 3. The molecule has 1 aliphatic heterocycles. The second-order valence-electron chi connectivity index (χ2n) is 14.5. The summed E-state index contributed by atoms with van der Waals surface area (Å²) in [7, 11) is -16.4. The molecule has 7 atom stereocenters. The fourth-order valence-corrected chi connectivity index (χ4v) is 9.16. The number of phosphoric acid groups is 3. The number of nitrogens with one attached hydrogen (secondary N) is 2. The predicted molar refractivity (Wildman–Crippen MR) is 219 cm³/mol. The minimum atomic E-state index is -5.57. The number of ether oxygens (including phenoxy) is 1. The molecule has 0 spiro atoms. The summed E-state index contributed by atoms with van der Waals surface area (Å²) in [5, 5.41) is 26.4. The Morgan fingerprint density at radius 3 is 2.36 bits per heavy atom. The predicted octanol–water partition coefficient (Wildman–Crippen LogP) is 2.36. The van der Waals surface area contributed by atoms with Crippen LogP contribution in [0.15, 0.2) is 24.8 Å². The molecule has 2 aromatic heterocycles. The Morgan fingerprint density at radius 2 is 1.67 bits per heavy atom.